The molecule has 0 bridgehead atoms. The van der Waals surface area contributed by atoms with Crippen LogP contribution in [0, 0.1) is 0 Å². The van der Waals surface area contributed by atoms with E-state index >= 15 is 0 Å². The first-order valence-electron chi connectivity index (χ1n) is 17.0. The van der Waals surface area contributed by atoms with Gasteiger partial charge in [0, 0.05) is 49.8 Å². The number of fused-ring (bicyclic) bond motifs is 9. The number of para-hydroxylation sites is 3. The second-order valence-corrected chi connectivity index (χ2v) is 14.2. The predicted molar refractivity (Wildman–Crippen MR) is 207 cm³/mol. The highest BCUT2D eigenvalue weighted by molar-refractivity contribution is 6.13. The lowest BCUT2D eigenvalue weighted by atomic mass is 9.87. The van der Waals surface area contributed by atoms with E-state index in [0.717, 1.165) is 27.6 Å². The summed E-state index contributed by atoms with van der Waals surface area (Å²) in [5, 5.41) is 7.27. The molecule has 234 valence electrons. The smallest absolute Gasteiger partial charge is 0.137 e. The van der Waals surface area contributed by atoms with Gasteiger partial charge in [0.25, 0.3) is 0 Å². The van der Waals surface area contributed by atoms with Crippen molar-refractivity contribution in [3.05, 3.63) is 157 Å². The molecule has 0 radical (unpaired) electrons. The molecule has 3 heteroatoms. The summed E-state index contributed by atoms with van der Waals surface area (Å²) >= 11 is 0. The minimum atomic E-state index is 0.112. The Labute approximate surface area is 284 Å². The Balaban J connectivity index is 1.16. The lowest BCUT2D eigenvalue weighted by molar-refractivity contribution is 0.590. The number of furan rings is 1. The molecule has 7 aromatic carbocycles. The van der Waals surface area contributed by atoms with Crippen LogP contribution in [0.5, 0.6) is 0 Å². The lowest BCUT2D eigenvalue weighted by Gasteiger charge is -2.19. The first-order chi connectivity index (χ1) is 23.9. The van der Waals surface area contributed by atoms with Gasteiger partial charge >= 0.3 is 0 Å². The minimum Gasteiger partial charge on any atom is -0.456 e. The second kappa shape index (κ2) is 10.2. The summed E-state index contributed by atoms with van der Waals surface area (Å²) < 4.78 is 11.1. The summed E-state index contributed by atoms with van der Waals surface area (Å²) in [6.07, 6.45) is 0. The highest BCUT2D eigenvalue weighted by Crippen LogP contribution is 2.39. The first kappa shape index (κ1) is 28.0. The molecule has 3 nitrogen and oxygen atoms in total. The van der Waals surface area contributed by atoms with Gasteiger partial charge in [-0.25, -0.2) is 0 Å². The van der Waals surface area contributed by atoms with Crippen molar-refractivity contribution >= 4 is 65.6 Å². The van der Waals surface area contributed by atoms with Crippen molar-refractivity contribution in [1.82, 2.24) is 9.13 Å². The van der Waals surface area contributed by atoms with Gasteiger partial charge in [-0.3, -0.25) is 0 Å². The maximum Gasteiger partial charge on any atom is 0.137 e. The Kier molecular flexibility index (Phi) is 5.84. The van der Waals surface area contributed by atoms with Gasteiger partial charge in [-0.15, -0.1) is 0 Å². The third-order valence-corrected chi connectivity index (χ3v) is 10.3. The van der Waals surface area contributed by atoms with Gasteiger partial charge in [0.05, 0.1) is 22.1 Å². The third-order valence-electron chi connectivity index (χ3n) is 10.3. The van der Waals surface area contributed by atoms with E-state index in [1.165, 1.54) is 66.0 Å². The van der Waals surface area contributed by atoms with Crippen LogP contribution in [0.4, 0.5) is 0 Å². The Bertz CT molecular complexity index is 2910. The molecule has 0 aliphatic carbocycles. The number of rotatable bonds is 3. The standard InChI is InChI=1S/C46H34N2O/c1-46(2,3)31-18-20-32(21-19-31)47-41-14-8-5-11-35(41)39-26-29(17-25-42(39)47)30-16-23-36-34-10-4-7-13-40(34)48(43(36)27-30)33-22-24-38-37-12-6-9-15-44(37)49-45(38)28-33/h4-28H,1-3H3. The molecule has 0 spiro atoms. The third kappa shape index (κ3) is 4.22. The van der Waals surface area contributed by atoms with E-state index in [1.807, 2.05) is 12.1 Å². The van der Waals surface area contributed by atoms with Crippen molar-refractivity contribution in [2.45, 2.75) is 26.2 Å². The topological polar surface area (TPSA) is 23.0 Å². The van der Waals surface area contributed by atoms with Crippen molar-refractivity contribution in [2.24, 2.45) is 0 Å². The van der Waals surface area contributed by atoms with Gasteiger partial charge < -0.3 is 13.6 Å². The first-order valence-corrected chi connectivity index (χ1v) is 17.0. The van der Waals surface area contributed by atoms with Crippen molar-refractivity contribution in [2.75, 3.05) is 0 Å². The van der Waals surface area contributed by atoms with Crippen molar-refractivity contribution in [3.8, 4) is 22.5 Å². The number of hydrogen-bond acceptors (Lipinski definition) is 1. The van der Waals surface area contributed by atoms with E-state index in [9.17, 15) is 0 Å². The fourth-order valence-corrected chi connectivity index (χ4v) is 7.82. The fourth-order valence-electron chi connectivity index (χ4n) is 7.82. The van der Waals surface area contributed by atoms with Crippen LogP contribution in [-0.2, 0) is 5.41 Å². The predicted octanol–water partition coefficient (Wildman–Crippen LogP) is 12.7. The molecule has 0 fully saturated rings. The van der Waals surface area contributed by atoms with Gasteiger partial charge in [-0.05, 0) is 82.8 Å². The molecule has 3 aromatic heterocycles. The van der Waals surface area contributed by atoms with E-state index in [0.29, 0.717) is 0 Å². The van der Waals surface area contributed by atoms with E-state index < -0.39 is 0 Å². The Morgan fingerprint density at radius 1 is 0.388 bits per heavy atom. The zero-order valence-electron chi connectivity index (χ0n) is 27.7. The summed E-state index contributed by atoms with van der Waals surface area (Å²) in [4.78, 5) is 0. The molecule has 49 heavy (non-hydrogen) atoms. The summed E-state index contributed by atoms with van der Waals surface area (Å²) in [6.45, 7) is 6.79. The molecule has 10 aromatic rings. The zero-order valence-corrected chi connectivity index (χ0v) is 27.7. The molecule has 0 aliphatic heterocycles. The maximum absolute atomic E-state index is 6.32. The van der Waals surface area contributed by atoms with Crippen LogP contribution in [-0.4, -0.2) is 9.13 Å². The number of benzene rings is 7. The summed E-state index contributed by atoms with van der Waals surface area (Å²) in [7, 11) is 0. The normalized spacial score (nSPS) is 12.4. The SMILES string of the molecule is CC(C)(C)c1ccc(-n2c3ccccc3c3cc(-c4ccc5c6ccccc6n(-c6ccc7c(c6)oc6ccccc67)c5c4)ccc32)cc1. The average Bonchev–Trinajstić information content (AvgIpc) is 3.78. The number of hydrogen-bond donors (Lipinski definition) is 0. The van der Waals surface area contributed by atoms with Gasteiger partial charge in [0.2, 0.25) is 0 Å². The number of nitrogens with zero attached hydrogens (tertiary/aromatic N) is 2. The molecule has 0 saturated carbocycles. The van der Waals surface area contributed by atoms with E-state index in [1.54, 1.807) is 0 Å². The van der Waals surface area contributed by atoms with Gasteiger partial charge in [0.15, 0.2) is 0 Å². The van der Waals surface area contributed by atoms with Gasteiger partial charge in [-0.1, -0.05) is 106 Å². The molecule has 10 rings (SSSR count). The van der Waals surface area contributed by atoms with Crippen molar-refractivity contribution in [1.29, 1.82) is 0 Å². The van der Waals surface area contributed by atoms with E-state index in [4.69, 9.17) is 4.42 Å². The van der Waals surface area contributed by atoms with Crippen LogP contribution in [0.2, 0.25) is 0 Å². The molecule has 0 aliphatic rings. The highest BCUT2D eigenvalue weighted by atomic mass is 16.3. The van der Waals surface area contributed by atoms with Crippen LogP contribution in [0.15, 0.2) is 156 Å². The summed E-state index contributed by atoms with van der Waals surface area (Å²) in [6, 6.07) is 55.2. The van der Waals surface area contributed by atoms with E-state index in [-0.39, 0.29) is 5.41 Å². The summed E-state index contributed by atoms with van der Waals surface area (Å²) in [5.41, 5.74) is 12.7. The van der Waals surface area contributed by atoms with Crippen LogP contribution >= 0.6 is 0 Å². The van der Waals surface area contributed by atoms with Gasteiger partial charge in [-0.2, -0.15) is 0 Å². The zero-order chi connectivity index (χ0) is 32.9. The molecule has 0 N–H and O–H groups in total. The molecular weight excluding hydrogens is 597 g/mol. The van der Waals surface area contributed by atoms with Crippen LogP contribution in [0.25, 0.3) is 88.1 Å². The monoisotopic (exact) mass is 630 g/mol. The fraction of sp³-hybridized carbons (Fsp3) is 0.0870. The Morgan fingerprint density at radius 2 is 0.918 bits per heavy atom. The Morgan fingerprint density at radius 3 is 1.67 bits per heavy atom. The molecular formula is C46H34N2O. The van der Waals surface area contributed by atoms with Crippen LogP contribution in [0.3, 0.4) is 0 Å². The van der Waals surface area contributed by atoms with E-state index in [2.05, 4.69) is 169 Å². The average molecular weight is 631 g/mol. The van der Waals surface area contributed by atoms with Crippen LogP contribution in [0.1, 0.15) is 26.3 Å². The number of aromatic nitrogens is 2. The molecule has 0 unspecified atom stereocenters. The highest BCUT2D eigenvalue weighted by Gasteiger charge is 2.18. The minimum absolute atomic E-state index is 0.112. The molecule has 0 atom stereocenters. The largest absolute Gasteiger partial charge is 0.456 e. The maximum atomic E-state index is 6.32. The second-order valence-electron chi connectivity index (χ2n) is 14.2. The van der Waals surface area contributed by atoms with Crippen LogP contribution < -0.4 is 0 Å². The molecule has 0 saturated heterocycles. The van der Waals surface area contributed by atoms with Gasteiger partial charge in [0.1, 0.15) is 11.2 Å². The quantitative estimate of drug-likeness (QED) is 0.190. The molecule has 3 heterocycles. The van der Waals surface area contributed by atoms with Crippen molar-refractivity contribution in [3.63, 3.8) is 0 Å². The Hall–Kier alpha value is -6.06. The molecule has 0 amide bonds. The lowest BCUT2D eigenvalue weighted by Crippen LogP contribution is -2.10. The summed E-state index contributed by atoms with van der Waals surface area (Å²) in [5.74, 6) is 0. The van der Waals surface area contributed by atoms with Crippen molar-refractivity contribution < 1.29 is 4.42 Å².